The zero-order valence-corrected chi connectivity index (χ0v) is 10.5. The maximum Gasteiger partial charge on any atom is 0.220 e. The Bertz CT molecular complexity index is 193. The van der Waals surface area contributed by atoms with Crippen LogP contribution in [0, 0.1) is 5.92 Å². The largest absolute Gasteiger partial charge is 0.355 e. The fourth-order valence-electron chi connectivity index (χ4n) is 1.73. The summed E-state index contributed by atoms with van der Waals surface area (Å²) in [5, 5.41) is 6.81. The molecular formula is C11H22N2OS. The first-order valence-corrected chi connectivity index (χ1v) is 7.01. The van der Waals surface area contributed by atoms with Crippen LogP contribution in [0.5, 0.6) is 0 Å². The average Bonchev–Trinajstić information content (AvgIpc) is 2.75. The molecule has 0 spiro atoms. The average molecular weight is 230 g/mol. The van der Waals surface area contributed by atoms with Gasteiger partial charge in [0, 0.05) is 18.2 Å². The third kappa shape index (κ3) is 5.42. The van der Waals surface area contributed by atoms with Crippen LogP contribution in [0.2, 0.25) is 0 Å². The second-order valence-electron chi connectivity index (χ2n) is 4.25. The quantitative estimate of drug-likeness (QED) is 0.721. The van der Waals surface area contributed by atoms with Crippen LogP contribution in [0.25, 0.3) is 0 Å². The molecule has 0 saturated carbocycles. The van der Waals surface area contributed by atoms with E-state index in [1.54, 1.807) is 11.8 Å². The van der Waals surface area contributed by atoms with Gasteiger partial charge in [-0.05, 0) is 38.1 Å². The van der Waals surface area contributed by atoms with Crippen molar-refractivity contribution in [1.29, 1.82) is 0 Å². The molecule has 0 aromatic rings. The van der Waals surface area contributed by atoms with Gasteiger partial charge in [-0.1, -0.05) is 6.92 Å². The fourth-order valence-corrected chi connectivity index (χ4v) is 1.98. The Morgan fingerprint density at radius 2 is 2.47 bits per heavy atom. The van der Waals surface area contributed by atoms with E-state index >= 15 is 0 Å². The zero-order valence-electron chi connectivity index (χ0n) is 9.71. The van der Waals surface area contributed by atoms with Crippen molar-refractivity contribution in [1.82, 2.24) is 10.6 Å². The molecule has 0 aromatic carbocycles. The fraction of sp³-hybridized carbons (Fsp3) is 0.909. The lowest BCUT2D eigenvalue weighted by atomic mass is 10.0. The first-order chi connectivity index (χ1) is 7.22. The summed E-state index contributed by atoms with van der Waals surface area (Å²) in [5.41, 5.74) is 0. The highest BCUT2D eigenvalue weighted by Crippen LogP contribution is 2.14. The summed E-state index contributed by atoms with van der Waals surface area (Å²) in [6.45, 7) is 5.14. The number of carbonyl (C=O) groups is 1. The van der Waals surface area contributed by atoms with E-state index in [0.29, 0.717) is 17.6 Å². The van der Waals surface area contributed by atoms with E-state index in [9.17, 15) is 4.79 Å². The molecule has 1 heterocycles. The predicted molar refractivity (Wildman–Crippen MR) is 66.2 cm³/mol. The number of carbonyl (C=O) groups excluding carboxylic acids is 1. The monoisotopic (exact) mass is 230 g/mol. The van der Waals surface area contributed by atoms with Gasteiger partial charge in [0.2, 0.25) is 5.91 Å². The van der Waals surface area contributed by atoms with E-state index in [2.05, 4.69) is 23.8 Å². The summed E-state index contributed by atoms with van der Waals surface area (Å²) < 4.78 is 0. The second-order valence-corrected chi connectivity index (χ2v) is 5.52. The number of rotatable bonds is 6. The van der Waals surface area contributed by atoms with Gasteiger partial charge in [0.1, 0.15) is 0 Å². The minimum Gasteiger partial charge on any atom is -0.355 e. The Kier molecular flexibility index (Phi) is 6.10. The van der Waals surface area contributed by atoms with E-state index in [-0.39, 0.29) is 5.91 Å². The molecule has 1 aliphatic rings. The maximum atomic E-state index is 11.5. The molecule has 1 aliphatic heterocycles. The first kappa shape index (κ1) is 12.8. The smallest absolute Gasteiger partial charge is 0.220 e. The molecule has 0 aromatic heterocycles. The van der Waals surface area contributed by atoms with Crippen LogP contribution in [0.15, 0.2) is 0 Å². The van der Waals surface area contributed by atoms with Crippen molar-refractivity contribution in [2.75, 3.05) is 25.9 Å². The summed E-state index contributed by atoms with van der Waals surface area (Å²) in [5.74, 6) is 0.927. The molecule has 3 nitrogen and oxygen atoms in total. The molecule has 2 atom stereocenters. The Labute approximate surface area is 96.8 Å². The molecule has 1 saturated heterocycles. The minimum absolute atomic E-state index is 0.211. The van der Waals surface area contributed by atoms with Crippen LogP contribution in [0.4, 0.5) is 0 Å². The van der Waals surface area contributed by atoms with Crippen molar-refractivity contribution < 1.29 is 4.79 Å². The molecule has 0 radical (unpaired) electrons. The van der Waals surface area contributed by atoms with Crippen molar-refractivity contribution in [3.63, 3.8) is 0 Å². The van der Waals surface area contributed by atoms with Crippen molar-refractivity contribution in [2.45, 2.75) is 31.4 Å². The molecule has 1 fully saturated rings. The van der Waals surface area contributed by atoms with Crippen LogP contribution >= 0.6 is 11.8 Å². The summed E-state index contributed by atoms with van der Waals surface area (Å²) in [7, 11) is 0. The van der Waals surface area contributed by atoms with Gasteiger partial charge >= 0.3 is 0 Å². The maximum absolute atomic E-state index is 11.5. The van der Waals surface area contributed by atoms with Gasteiger partial charge in [0.25, 0.3) is 0 Å². The van der Waals surface area contributed by atoms with Gasteiger partial charge in [-0.2, -0.15) is 11.8 Å². The van der Waals surface area contributed by atoms with E-state index < -0.39 is 0 Å². The van der Waals surface area contributed by atoms with Crippen molar-refractivity contribution in [3.05, 3.63) is 0 Å². The molecule has 0 bridgehead atoms. The second kappa shape index (κ2) is 7.12. The highest BCUT2D eigenvalue weighted by Gasteiger charge is 2.15. The first-order valence-electron chi connectivity index (χ1n) is 5.72. The molecule has 88 valence electrons. The number of amides is 1. The molecule has 4 heteroatoms. The standard InChI is InChI=1S/C11H22N2OS/c1-9(15-2)7-13-11(14)4-3-10-5-6-12-8-10/h9-10,12H,3-8H2,1-2H3,(H,13,14). The highest BCUT2D eigenvalue weighted by atomic mass is 32.2. The van der Waals surface area contributed by atoms with Crippen molar-refractivity contribution in [2.24, 2.45) is 5.92 Å². The van der Waals surface area contributed by atoms with Gasteiger partial charge in [-0.3, -0.25) is 4.79 Å². The van der Waals surface area contributed by atoms with E-state index in [0.717, 1.165) is 26.1 Å². The Hall–Kier alpha value is -0.220. The van der Waals surface area contributed by atoms with Gasteiger partial charge in [-0.25, -0.2) is 0 Å². The lowest BCUT2D eigenvalue weighted by Gasteiger charge is -2.11. The van der Waals surface area contributed by atoms with Gasteiger partial charge in [-0.15, -0.1) is 0 Å². The van der Waals surface area contributed by atoms with Crippen LogP contribution in [0.1, 0.15) is 26.2 Å². The molecule has 1 rings (SSSR count). The zero-order chi connectivity index (χ0) is 11.1. The number of hydrogen-bond donors (Lipinski definition) is 2. The van der Waals surface area contributed by atoms with Crippen LogP contribution in [-0.2, 0) is 4.79 Å². The number of thioether (sulfide) groups is 1. The highest BCUT2D eigenvalue weighted by molar-refractivity contribution is 7.99. The molecule has 0 aliphatic carbocycles. The Morgan fingerprint density at radius 3 is 3.07 bits per heavy atom. The molecule has 15 heavy (non-hydrogen) atoms. The number of nitrogens with one attached hydrogen (secondary N) is 2. The molecule has 1 amide bonds. The predicted octanol–water partition coefficient (Wildman–Crippen LogP) is 1.24. The van der Waals surface area contributed by atoms with Crippen molar-refractivity contribution in [3.8, 4) is 0 Å². The van der Waals surface area contributed by atoms with E-state index in [1.807, 2.05) is 0 Å². The summed E-state index contributed by atoms with van der Waals surface area (Å²) >= 11 is 1.79. The lowest BCUT2D eigenvalue weighted by molar-refractivity contribution is -0.121. The summed E-state index contributed by atoms with van der Waals surface area (Å²) in [6.07, 6.45) is 5.02. The summed E-state index contributed by atoms with van der Waals surface area (Å²) in [6, 6.07) is 0. The van der Waals surface area contributed by atoms with Crippen molar-refractivity contribution >= 4 is 17.7 Å². The third-order valence-corrected chi connectivity index (χ3v) is 3.90. The van der Waals surface area contributed by atoms with Gasteiger partial charge < -0.3 is 10.6 Å². The SMILES string of the molecule is CSC(C)CNC(=O)CCC1CCNC1. The summed E-state index contributed by atoms with van der Waals surface area (Å²) in [4.78, 5) is 11.5. The Morgan fingerprint density at radius 1 is 1.67 bits per heavy atom. The third-order valence-electron chi connectivity index (χ3n) is 2.93. The molecule has 2 unspecified atom stereocenters. The topological polar surface area (TPSA) is 41.1 Å². The van der Waals surface area contributed by atoms with Crippen LogP contribution in [0.3, 0.4) is 0 Å². The van der Waals surface area contributed by atoms with E-state index in [1.165, 1.54) is 6.42 Å². The minimum atomic E-state index is 0.211. The van der Waals surface area contributed by atoms with E-state index in [4.69, 9.17) is 0 Å². The van der Waals surface area contributed by atoms with Gasteiger partial charge in [0.15, 0.2) is 0 Å². The van der Waals surface area contributed by atoms with Crippen LogP contribution in [-0.4, -0.2) is 37.0 Å². The Balaban J connectivity index is 2.02. The van der Waals surface area contributed by atoms with Gasteiger partial charge in [0.05, 0.1) is 0 Å². The molecule has 2 N–H and O–H groups in total. The lowest BCUT2D eigenvalue weighted by Crippen LogP contribution is -2.29. The molecular weight excluding hydrogens is 208 g/mol. The number of hydrogen-bond acceptors (Lipinski definition) is 3. The van der Waals surface area contributed by atoms with Crippen LogP contribution < -0.4 is 10.6 Å². The normalized spacial score (nSPS) is 22.7.